The van der Waals surface area contributed by atoms with E-state index in [0.29, 0.717) is 12.5 Å². The van der Waals surface area contributed by atoms with Crippen molar-refractivity contribution in [2.24, 2.45) is 16.6 Å². The van der Waals surface area contributed by atoms with Gasteiger partial charge < -0.3 is 10.1 Å². The average Bonchev–Trinajstić information content (AvgIpc) is 2.65. The lowest BCUT2D eigenvalue weighted by Crippen LogP contribution is -2.44. The lowest BCUT2D eigenvalue weighted by molar-refractivity contribution is -0.155. The van der Waals surface area contributed by atoms with Gasteiger partial charge in [0.05, 0.1) is 23.9 Å². The van der Waals surface area contributed by atoms with Crippen LogP contribution in [0.3, 0.4) is 0 Å². The first-order valence-electron chi connectivity index (χ1n) is 9.54. The highest BCUT2D eigenvalue weighted by Gasteiger charge is 2.34. The van der Waals surface area contributed by atoms with Gasteiger partial charge in [0, 0.05) is 11.9 Å². The molecule has 7 nitrogen and oxygen atoms in total. The monoisotopic (exact) mass is 389 g/mol. The van der Waals surface area contributed by atoms with Crippen molar-refractivity contribution in [2.75, 3.05) is 19.0 Å². The molecule has 1 unspecified atom stereocenters. The van der Waals surface area contributed by atoms with Gasteiger partial charge in [0.1, 0.15) is 0 Å². The van der Waals surface area contributed by atoms with Crippen molar-refractivity contribution in [1.29, 1.82) is 0 Å². The number of halogens is 1. The molecule has 1 N–H and O–H groups in total. The minimum atomic E-state index is -0.482. The molecule has 2 amide bonds. The zero-order chi connectivity index (χ0) is 19.6. The van der Waals surface area contributed by atoms with E-state index in [9.17, 15) is 14.5 Å². The predicted molar refractivity (Wildman–Crippen MR) is 102 cm³/mol. The number of carbonyl (C=O) groups excluding carboxylic acids is 2. The molecule has 0 spiro atoms. The highest BCUT2D eigenvalue weighted by atomic mass is 35.5. The Bertz CT molecular complexity index is 469. The Balaban J connectivity index is 2.40. The highest BCUT2D eigenvalue weighted by molar-refractivity contribution is 6.18. The molecule has 1 aliphatic rings. The molecule has 0 heterocycles. The number of hydrogen-bond acceptors (Lipinski definition) is 5. The maximum atomic E-state index is 12.2. The fraction of sp³-hybridized carbons (Fsp3) is 0.889. The number of hydrogen-bond donors (Lipinski definition) is 1. The highest BCUT2D eigenvalue weighted by Crippen LogP contribution is 2.35. The van der Waals surface area contributed by atoms with Crippen LogP contribution >= 0.6 is 11.6 Å². The SMILES string of the molecule is CCOC(=O)C(C)(CC)CCC1CCC(NC(=O)N(CCCl)N=O)CC1. The normalized spacial score (nSPS) is 22.2. The first kappa shape index (κ1) is 22.7. The molecule has 1 fully saturated rings. The molecule has 0 aliphatic heterocycles. The number of nitrogens with zero attached hydrogens (tertiary/aromatic N) is 2. The smallest absolute Gasteiger partial charge is 0.340 e. The van der Waals surface area contributed by atoms with Gasteiger partial charge in [-0.2, -0.15) is 5.01 Å². The lowest BCUT2D eigenvalue weighted by atomic mass is 9.76. The summed E-state index contributed by atoms with van der Waals surface area (Å²) in [5.41, 5.74) is -0.418. The van der Waals surface area contributed by atoms with Gasteiger partial charge in [0.2, 0.25) is 0 Å². The molecular formula is C18H32ClN3O4. The quantitative estimate of drug-likeness (QED) is 0.262. The largest absolute Gasteiger partial charge is 0.466 e. The summed E-state index contributed by atoms with van der Waals surface area (Å²) >= 11 is 5.55. The Kier molecular flexibility index (Phi) is 9.91. The van der Waals surface area contributed by atoms with Crippen LogP contribution in [0.2, 0.25) is 0 Å². The van der Waals surface area contributed by atoms with E-state index < -0.39 is 11.4 Å². The van der Waals surface area contributed by atoms with Crippen LogP contribution in [0.25, 0.3) is 0 Å². The molecule has 1 atom stereocenters. The van der Waals surface area contributed by atoms with E-state index in [0.717, 1.165) is 50.0 Å². The summed E-state index contributed by atoms with van der Waals surface area (Å²) in [6, 6.07) is -0.425. The average molecular weight is 390 g/mol. The van der Waals surface area contributed by atoms with E-state index in [2.05, 4.69) is 10.6 Å². The number of urea groups is 1. The minimum absolute atomic E-state index is 0.0564. The number of amides is 2. The van der Waals surface area contributed by atoms with Crippen molar-refractivity contribution in [2.45, 2.75) is 71.8 Å². The summed E-state index contributed by atoms with van der Waals surface area (Å²) in [5.74, 6) is 0.610. The summed E-state index contributed by atoms with van der Waals surface area (Å²) in [5, 5.41) is 6.38. The van der Waals surface area contributed by atoms with Gasteiger partial charge in [0.25, 0.3) is 0 Å². The van der Waals surface area contributed by atoms with Crippen LogP contribution in [0, 0.1) is 16.2 Å². The number of ether oxygens (including phenoxy) is 1. The molecule has 150 valence electrons. The molecule has 1 aliphatic carbocycles. The van der Waals surface area contributed by atoms with E-state index in [1.807, 2.05) is 20.8 Å². The maximum absolute atomic E-state index is 12.2. The van der Waals surface area contributed by atoms with Gasteiger partial charge in [-0.25, -0.2) is 4.79 Å². The topological polar surface area (TPSA) is 88.1 Å². The van der Waals surface area contributed by atoms with E-state index in [1.54, 1.807) is 0 Å². The second-order valence-electron chi connectivity index (χ2n) is 7.23. The number of esters is 1. The molecular weight excluding hydrogens is 358 g/mol. The van der Waals surface area contributed by atoms with Crippen LogP contribution in [0.1, 0.15) is 65.7 Å². The summed E-state index contributed by atoms with van der Waals surface area (Å²) in [7, 11) is 0. The molecule has 26 heavy (non-hydrogen) atoms. The van der Waals surface area contributed by atoms with Gasteiger partial charge in [-0.1, -0.05) is 6.92 Å². The Morgan fingerprint density at radius 2 is 1.92 bits per heavy atom. The lowest BCUT2D eigenvalue weighted by Gasteiger charge is -2.32. The first-order chi connectivity index (χ1) is 12.4. The van der Waals surface area contributed by atoms with Crippen LogP contribution in [-0.2, 0) is 9.53 Å². The third-order valence-electron chi connectivity index (χ3n) is 5.46. The number of nitroso groups, excluding NO2 is 1. The maximum Gasteiger partial charge on any atom is 0.340 e. The third kappa shape index (κ3) is 6.74. The van der Waals surface area contributed by atoms with Gasteiger partial charge in [-0.05, 0) is 64.7 Å². The molecule has 0 saturated heterocycles. The fourth-order valence-electron chi connectivity index (χ4n) is 3.36. The van der Waals surface area contributed by atoms with E-state index in [4.69, 9.17) is 16.3 Å². The predicted octanol–water partition coefficient (Wildman–Crippen LogP) is 4.24. The fourth-order valence-corrected chi connectivity index (χ4v) is 3.52. The van der Waals surface area contributed by atoms with Crippen molar-refractivity contribution in [1.82, 2.24) is 10.3 Å². The van der Waals surface area contributed by atoms with Crippen molar-refractivity contribution in [3.8, 4) is 0 Å². The van der Waals surface area contributed by atoms with Crippen LogP contribution in [0.4, 0.5) is 4.79 Å². The number of nitrogens with one attached hydrogen (secondary N) is 1. The standard InChI is InChI=1S/C18H32ClN3O4/c1-4-18(3,16(23)26-5-2)11-10-14-6-8-15(9-7-14)20-17(24)22(21-25)13-12-19/h14-15H,4-13H2,1-3H3,(H,20,24). The third-order valence-corrected chi connectivity index (χ3v) is 5.63. The van der Waals surface area contributed by atoms with Crippen LogP contribution in [0.15, 0.2) is 5.29 Å². The Hall–Kier alpha value is -1.37. The second-order valence-corrected chi connectivity index (χ2v) is 7.61. The van der Waals surface area contributed by atoms with E-state index in [1.165, 1.54) is 0 Å². The summed E-state index contributed by atoms with van der Waals surface area (Å²) in [4.78, 5) is 34.8. The zero-order valence-corrected chi connectivity index (χ0v) is 16.9. The number of rotatable bonds is 10. The Labute approximate surface area is 161 Å². The Morgan fingerprint density at radius 1 is 1.27 bits per heavy atom. The molecule has 0 aromatic carbocycles. The summed E-state index contributed by atoms with van der Waals surface area (Å²) in [6.45, 7) is 6.36. The van der Waals surface area contributed by atoms with Crippen LogP contribution in [-0.4, -0.2) is 42.1 Å². The van der Waals surface area contributed by atoms with Crippen LogP contribution in [0.5, 0.6) is 0 Å². The number of alkyl halides is 1. The van der Waals surface area contributed by atoms with E-state index >= 15 is 0 Å². The molecule has 0 aromatic rings. The van der Waals surface area contributed by atoms with Crippen LogP contribution < -0.4 is 5.32 Å². The molecule has 1 rings (SSSR count). The summed E-state index contributed by atoms with van der Waals surface area (Å²) in [6.07, 6.45) is 6.31. The molecule has 8 heteroatoms. The van der Waals surface area contributed by atoms with Crippen molar-refractivity contribution >= 4 is 23.6 Å². The van der Waals surface area contributed by atoms with Gasteiger partial charge in [0.15, 0.2) is 0 Å². The number of carbonyl (C=O) groups is 2. The van der Waals surface area contributed by atoms with Crippen molar-refractivity contribution in [3.05, 3.63) is 4.91 Å². The van der Waals surface area contributed by atoms with Gasteiger partial charge in [-0.15, -0.1) is 16.5 Å². The molecule has 1 saturated carbocycles. The minimum Gasteiger partial charge on any atom is -0.466 e. The summed E-state index contributed by atoms with van der Waals surface area (Å²) < 4.78 is 5.22. The van der Waals surface area contributed by atoms with Crippen molar-refractivity contribution < 1.29 is 14.3 Å². The van der Waals surface area contributed by atoms with Gasteiger partial charge in [-0.3, -0.25) is 4.79 Å². The second kappa shape index (κ2) is 11.4. The van der Waals surface area contributed by atoms with Gasteiger partial charge >= 0.3 is 12.0 Å². The molecule has 0 radical (unpaired) electrons. The first-order valence-corrected chi connectivity index (χ1v) is 10.1. The molecule has 0 bridgehead atoms. The van der Waals surface area contributed by atoms with E-state index in [-0.39, 0.29) is 24.4 Å². The zero-order valence-electron chi connectivity index (χ0n) is 16.1. The van der Waals surface area contributed by atoms with Crippen molar-refractivity contribution in [3.63, 3.8) is 0 Å². The Morgan fingerprint density at radius 3 is 2.42 bits per heavy atom. The molecule has 0 aromatic heterocycles.